The molecule has 2 unspecified atom stereocenters. The molecular weight excluding hydrogens is 500 g/mol. The van der Waals surface area contributed by atoms with Crippen LogP contribution < -0.4 is 4.74 Å². The summed E-state index contributed by atoms with van der Waals surface area (Å²) in [6, 6.07) is 16.1. The summed E-state index contributed by atoms with van der Waals surface area (Å²) >= 11 is 0. The third-order valence-corrected chi connectivity index (χ3v) is 11.9. The van der Waals surface area contributed by atoms with Crippen LogP contribution in [0.3, 0.4) is 0 Å². The van der Waals surface area contributed by atoms with Crippen molar-refractivity contribution in [2.75, 3.05) is 20.1 Å². The molecule has 2 saturated carbocycles. The van der Waals surface area contributed by atoms with Crippen LogP contribution in [-0.2, 0) is 37.1 Å². The van der Waals surface area contributed by atoms with Crippen molar-refractivity contribution >= 4 is 16.0 Å². The minimum absolute atomic E-state index is 0.00345. The monoisotopic (exact) mass is 536 g/mol. The average Bonchev–Trinajstić information content (AvgIpc) is 3.51. The van der Waals surface area contributed by atoms with E-state index in [1.807, 2.05) is 30.3 Å². The van der Waals surface area contributed by atoms with E-state index in [2.05, 4.69) is 23.1 Å². The Labute approximate surface area is 225 Å². The highest BCUT2D eigenvalue weighted by atomic mass is 32.2. The van der Waals surface area contributed by atoms with Crippen molar-refractivity contribution < 1.29 is 22.7 Å². The summed E-state index contributed by atoms with van der Waals surface area (Å²) in [5, 5.41) is 0. The molecule has 0 aromatic heterocycles. The molecule has 0 amide bonds. The van der Waals surface area contributed by atoms with Gasteiger partial charge in [-0.15, -0.1) is 0 Å². The first-order valence-corrected chi connectivity index (χ1v) is 15.6. The van der Waals surface area contributed by atoms with Crippen LogP contribution in [0.25, 0.3) is 0 Å². The van der Waals surface area contributed by atoms with Gasteiger partial charge in [0.05, 0.1) is 11.8 Å². The number of piperidine rings is 1. The number of ether oxygens (including phenoxy) is 2. The molecule has 2 heterocycles. The first-order valence-electron chi connectivity index (χ1n) is 14.0. The Kier molecular flexibility index (Phi) is 5.70. The third-order valence-electron chi connectivity index (χ3n) is 10.0. The molecule has 5 aliphatic rings. The molecule has 0 radical (unpaired) electrons. The van der Waals surface area contributed by atoms with Crippen LogP contribution in [0.1, 0.15) is 49.3 Å². The van der Waals surface area contributed by atoms with E-state index >= 15 is 0 Å². The van der Waals surface area contributed by atoms with E-state index in [1.165, 1.54) is 18.1 Å². The van der Waals surface area contributed by atoms with Crippen LogP contribution in [-0.4, -0.2) is 68.0 Å². The Balaban J connectivity index is 1.18. The second-order valence-corrected chi connectivity index (χ2v) is 14.1. The third kappa shape index (κ3) is 3.74. The van der Waals surface area contributed by atoms with Gasteiger partial charge in [-0.2, -0.15) is 4.31 Å². The standard InChI is InChI=1S/C30H36N2O5S/c1-19(33)36-27-16-22(27)17-32-14-13-30-23-11-12-24(31(2)38(34,35)18-20-7-4-3-5-8-20)29(30)37-26-10-6-9-21(28(26)30)15-25(23)32/h3-10,22-25,27,29H,11-18H2,1-2H3/t22?,23-,24+,25+,27?,29-,30-/m0/s1. The number of esters is 1. The number of likely N-dealkylation sites (N-methyl/N-ethyl adjacent to an activating group) is 1. The molecule has 2 aromatic rings. The molecule has 1 spiro atoms. The van der Waals surface area contributed by atoms with Crippen LogP contribution in [0.5, 0.6) is 5.75 Å². The predicted octanol–water partition coefficient (Wildman–Crippen LogP) is 3.51. The quantitative estimate of drug-likeness (QED) is 0.504. The molecule has 2 aliphatic heterocycles. The van der Waals surface area contributed by atoms with E-state index in [0.717, 1.165) is 56.5 Å². The highest BCUT2D eigenvalue weighted by Crippen LogP contribution is 2.63. The Hall–Kier alpha value is -2.42. The molecule has 2 aromatic carbocycles. The van der Waals surface area contributed by atoms with Gasteiger partial charge in [-0.05, 0) is 61.8 Å². The normalized spacial score (nSPS) is 34.9. The lowest BCUT2D eigenvalue weighted by molar-refractivity contribution is -0.142. The zero-order chi connectivity index (χ0) is 26.2. The first-order chi connectivity index (χ1) is 18.3. The van der Waals surface area contributed by atoms with E-state index in [-0.39, 0.29) is 35.4 Å². The zero-order valence-corrected chi connectivity index (χ0v) is 22.9. The summed E-state index contributed by atoms with van der Waals surface area (Å²) in [6.45, 7) is 3.42. The smallest absolute Gasteiger partial charge is 0.302 e. The van der Waals surface area contributed by atoms with Crippen LogP contribution in [0.4, 0.5) is 0 Å². The lowest BCUT2D eigenvalue weighted by Gasteiger charge is -2.60. The maximum Gasteiger partial charge on any atom is 0.302 e. The topological polar surface area (TPSA) is 76.2 Å². The maximum absolute atomic E-state index is 13.6. The largest absolute Gasteiger partial charge is 0.487 e. The highest BCUT2D eigenvalue weighted by Gasteiger charge is 2.66. The SMILES string of the molecule is CC(=O)OC1CC1CN1CC[C@]23c4c5cccc4O[C@H]2[C@H](N(C)S(=O)(=O)Cc2ccccc2)CC[C@H]3[C@H]1C5. The number of carbonyl (C=O) groups excluding carboxylic acids is 1. The van der Waals surface area contributed by atoms with Crippen LogP contribution in [0, 0.1) is 11.8 Å². The summed E-state index contributed by atoms with van der Waals surface area (Å²) in [5.74, 6) is 1.63. The van der Waals surface area contributed by atoms with Gasteiger partial charge in [0.1, 0.15) is 18.0 Å². The fourth-order valence-electron chi connectivity index (χ4n) is 8.33. The number of likely N-dealkylation sites (tertiary alicyclic amines) is 1. The van der Waals surface area contributed by atoms with Gasteiger partial charge in [0.25, 0.3) is 0 Å². The lowest BCUT2D eigenvalue weighted by Crippen LogP contribution is -2.69. The number of rotatable bonds is 7. The molecule has 3 aliphatic carbocycles. The van der Waals surface area contributed by atoms with Crippen molar-refractivity contribution in [1.82, 2.24) is 9.21 Å². The van der Waals surface area contributed by atoms with E-state index in [9.17, 15) is 13.2 Å². The van der Waals surface area contributed by atoms with Gasteiger partial charge in [-0.3, -0.25) is 9.69 Å². The molecule has 7 rings (SSSR count). The molecule has 1 saturated heterocycles. The zero-order valence-electron chi connectivity index (χ0n) is 22.1. The number of hydrogen-bond acceptors (Lipinski definition) is 6. The summed E-state index contributed by atoms with van der Waals surface area (Å²) in [6.07, 6.45) is 4.61. The Morgan fingerprint density at radius 2 is 1.97 bits per heavy atom. The fourth-order valence-corrected chi connectivity index (χ4v) is 9.78. The predicted molar refractivity (Wildman–Crippen MR) is 143 cm³/mol. The molecule has 7 nitrogen and oxygen atoms in total. The van der Waals surface area contributed by atoms with Gasteiger partial charge in [-0.25, -0.2) is 8.42 Å². The van der Waals surface area contributed by atoms with Gasteiger partial charge in [0, 0.05) is 43.5 Å². The van der Waals surface area contributed by atoms with E-state index < -0.39 is 10.0 Å². The molecule has 38 heavy (non-hydrogen) atoms. The highest BCUT2D eigenvalue weighted by molar-refractivity contribution is 7.88. The van der Waals surface area contributed by atoms with Gasteiger partial charge >= 0.3 is 5.97 Å². The summed E-state index contributed by atoms with van der Waals surface area (Å²) in [4.78, 5) is 14.1. The van der Waals surface area contributed by atoms with E-state index in [4.69, 9.17) is 9.47 Å². The molecule has 0 N–H and O–H groups in total. The van der Waals surface area contributed by atoms with Crippen LogP contribution >= 0.6 is 0 Å². The van der Waals surface area contributed by atoms with Crippen molar-refractivity contribution in [3.8, 4) is 5.75 Å². The Morgan fingerprint density at radius 1 is 1.16 bits per heavy atom. The first kappa shape index (κ1) is 24.6. The van der Waals surface area contributed by atoms with E-state index in [1.54, 1.807) is 11.4 Å². The van der Waals surface area contributed by atoms with Crippen molar-refractivity contribution in [3.05, 3.63) is 65.2 Å². The second-order valence-electron chi connectivity index (χ2n) is 12.0. The van der Waals surface area contributed by atoms with Crippen molar-refractivity contribution in [1.29, 1.82) is 0 Å². The molecule has 202 valence electrons. The van der Waals surface area contributed by atoms with E-state index in [0.29, 0.717) is 17.9 Å². The lowest BCUT2D eigenvalue weighted by atomic mass is 9.51. The number of hydrogen-bond donors (Lipinski definition) is 0. The Bertz CT molecular complexity index is 1360. The number of carbonyl (C=O) groups is 1. The van der Waals surface area contributed by atoms with Gasteiger partial charge in [-0.1, -0.05) is 42.5 Å². The Morgan fingerprint density at radius 3 is 2.76 bits per heavy atom. The van der Waals surface area contributed by atoms with Crippen molar-refractivity contribution in [2.24, 2.45) is 11.8 Å². The van der Waals surface area contributed by atoms with Crippen LogP contribution in [0.2, 0.25) is 0 Å². The maximum atomic E-state index is 13.6. The molecule has 3 fully saturated rings. The molecular formula is C30H36N2O5S. The number of sulfonamides is 1. The van der Waals surface area contributed by atoms with Gasteiger partial charge in [0.15, 0.2) is 0 Å². The van der Waals surface area contributed by atoms with Gasteiger partial charge in [0.2, 0.25) is 10.0 Å². The van der Waals surface area contributed by atoms with Crippen LogP contribution in [0.15, 0.2) is 48.5 Å². The molecule has 7 atom stereocenters. The average molecular weight is 537 g/mol. The second kappa shape index (κ2) is 8.80. The number of benzene rings is 2. The van der Waals surface area contributed by atoms with Crippen molar-refractivity contribution in [3.63, 3.8) is 0 Å². The molecule has 2 bridgehead atoms. The van der Waals surface area contributed by atoms with Gasteiger partial charge < -0.3 is 9.47 Å². The summed E-state index contributed by atoms with van der Waals surface area (Å²) < 4.78 is 41.1. The number of nitrogens with zero attached hydrogens (tertiary/aromatic N) is 2. The minimum atomic E-state index is -3.51. The minimum Gasteiger partial charge on any atom is -0.487 e. The van der Waals surface area contributed by atoms with Crippen molar-refractivity contribution in [2.45, 2.75) is 74.5 Å². The molecule has 8 heteroatoms. The summed E-state index contributed by atoms with van der Waals surface area (Å²) in [7, 11) is -1.76. The summed E-state index contributed by atoms with van der Waals surface area (Å²) in [5.41, 5.74) is 3.37. The fraction of sp³-hybridized carbons (Fsp3) is 0.567.